The van der Waals surface area contributed by atoms with E-state index in [0.29, 0.717) is 18.4 Å². The fraction of sp³-hybridized carbons (Fsp3) is 0.611. The fourth-order valence-electron chi connectivity index (χ4n) is 4.92. The maximum atomic E-state index is 12.9. The summed E-state index contributed by atoms with van der Waals surface area (Å²) in [7, 11) is 1.36. The zero-order valence-corrected chi connectivity index (χ0v) is 12.2. The van der Waals surface area contributed by atoms with Gasteiger partial charge in [0.15, 0.2) is 23.4 Å². The Labute approximate surface area is 140 Å². The molecule has 116 valence electrons. The highest BCUT2D eigenvalue weighted by Crippen LogP contribution is 2.62. The van der Waals surface area contributed by atoms with Crippen molar-refractivity contribution in [2.75, 3.05) is 20.6 Å². The second-order valence-electron chi connectivity index (χ2n) is 6.54. The van der Waals surface area contributed by atoms with E-state index in [-0.39, 0.29) is 47.9 Å². The molecule has 1 aromatic rings. The first-order chi connectivity index (χ1) is 13.5. The van der Waals surface area contributed by atoms with Gasteiger partial charge in [0, 0.05) is 30.3 Å². The number of piperidine rings is 1. The zero-order chi connectivity index (χ0) is 21.1. The Kier molecular flexibility index (Phi) is 1.44. The molecule has 1 saturated carbocycles. The maximum Gasteiger partial charge on any atom is 0.174 e. The molecule has 4 aliphatic rings. The van der Waals surface area contributed by atoms with Gasteiger partial charge in [0.2, 0.25) is 0 Å². The average molecular weight is 306 g/mol. The van der Waals surface area contributed by atoms with E-state index in [1.807, 2.05) is 0 Å². The van der Waals surface area contributed by atoms with Gasteiger partial charge in [-0.3, -0.25) is 4.79 Å². The van der Waals surface area contributed by atoms with Crippen molar-refractivity contribution >= 4 is 5.78 Å². The van der Waals surface area contributed by atoms with Crippen LogP contribution in [0.3, 0.4) is 0 Å². The molecule has 2 aliphatic carbocycles. The molecule has 4 nitrogen and oxygen atoms in total. The number of ketones is 1. The molecule has 1 aromatic carbocycles. The molecule has 22 heavy (non-hydrogen) atoms. The van der Waals surface area contributed by atoms with Crippen molar-refractivity contribution in [1.82, 2.24) is 4.90 Å². The molecule has 0 radical (unpaired) electrons. The van der Waals surface area contributed by atoms with Crippen molar-refractivity contribution in [2.45, 2.75) is 43.2 Å². The molecule has 2 fully saturated rings. The van der Waals surface area contributed by atoms with Crippen LogP contribution in [0, 0.1) is 5.92 Å². The van der Waals surface area contributed by atoms with E-state index in [9.17, 15) is 4.79 Å². The quantitative estimate of drug-likeness (QED) is 0.795. The monoisotopic (exact) mass is 306 g/mol. The van der Waals surface area contributed by atoms with Gasteiger partial charge in [-0.2, -0.15) is 0 Å². The van der Waals surface area contributed by atoms with Crippen LogP contribution in [-0.4, -0.2) is 43.5 Å². The molecule has 0 N–H and O–H groups in total. The Morgan fingerprint density at radius 1 is 1.59 bits per heavy atom. The first-order valence-electron chi connectivity index (χ1n) is 11.2. The van der Waals surface area contributed by atoms with Crippen LogP contribution < -0.4 is 9.47 Å². The Balaban J connectivity index is 1.89. The lowest BCUT2D eigenvalue weighted by atomic mass is 9.52. The van der Waals surface area contributed by atoms with Crippen LogP contribution >= 0.6 is 0 Å². The predicted molar refractivity (Wildman–Crippen MR) is 81.6 cm³/mol. The minimum Gasteiger partial charge on any atom is -0.493 e. The van der Waals surface area contributed by atoms with Crippen LogP contribution in [0.25, 0.3) is 0 Å². The molecule has 4 heteroatoms. The highest BCUT2D eigenvalue weighted by molar-refractivity contribution is 5.89. The number of nitrogens with zero attached hydrogens (tertiary/aromatic N) is 1. The van der Waals surface area contributed by atoms with E-state index in [4.69, 9.17) is 19.1 Å². The molecule has 2 bridgehead atoms. The molecular weight excluding hydrogens is 278 g/mol. The SMILES string of the molecule is [2H]c1c([2H])c2c3c(c1OC)OC1C(=O)CC[C@H]4[C@H](N(C([2H])([2H])[2H])CC[C@]314)C2([2H])[2H]. The van der Waals surface area contributed by atoms with Gasteiger partial charge in [-0.25, -0.2) is 0 Å². The number of rotatable bonds is 1. The van der Waals surface area contributed by atoms with Gasteiger partial charge < -0.3 is 14.4 Å². The smallest absolute Gasteiger partial charge is 0.174 e. The van der Waals surface area contributed by atoms with Crippen LogP contribution in [0.2, 0.25) is 0 Å². The zero-order valence-electron chi connectivity index (χ0n) is 19.2. The Morgan fingerprint density at radius 2 is 2.50 bits per heavy atom. The fourth-order valence-corrected chi connectivity index (χ4v) is 4.92. The molecule has 1 spiro atoms. The summed E-state index contributed by atoms with van der Waals surface area (Å²) in [5.41, 5.74) is -0.454. The minimum absolute atomic E-state index is 0.0225. The molecule has 0 aromatic heterocycles. The third kappa shape index (κ3) is 1.27. The van der Waals surface area contributed by atoms with E-state index < -0.39 is 36.8 Å². The molecule has 1 saturated heterocycles. The number of ether oxygens (including phenoxy) is 2. The van der Waals surface area contributed by atoms with Crippen molar-refractivity contribution in [2.24, 2.45) is 5.92 Å². The summed E-state index contributed by atoms with van der Waals surface area (Å²) in [6.45, 7) is -2.41. The van der Waals surface area contributed by atoms with Gasteiger partial charge in [-0.1, -0.05) is 6.04 Å². The van der Waals surface area contributed by atoms with Crippen molar-refractivity contribution < 1.29 is 23.9 Å². The molecule has 2 heterocycles. The summed E-state index contributed by atoms with van der Waals surface area (Å²) in [4.78, 5) is 14.1. The number of hydrogen-bond acceptors (Lipinski definition) is 4. The van der Waals surface area contributed by atoms with E-state index in [1.165, 1.54) is 12.0 Å². The minimum atomic E-state index is -2.51. The van der Waals surface area contributed by atoms with Crippen LogP contribution in [0.15, 0.2) is 12.1 Å². The molecule has 4 atom stereocenters. The highest BCUT2D eigenvalue weighted by Gasteiger charge is 2.65. The average Bonchev–Trinajstić information content (AvgIpc) is 2.95. The normalized spacial score (nSPS) is 46.0. The van der Waals surface area contributed by atoms with Crippen LogP contribution in [0.1, 0.15) is 40.0 Å². The summed E-state index contributed by atoms with van der Waals surface area (Å²) < 4.78 is 70.0. The van der Waals surface area contributed by atoms with Crippen LogP contribution in [-0.2, 0) is 16.6 Å². The van der Waals surface area contributed by atoms with Gasteiger partial charge in [0.1, 0.15) is 0 Å². The lowest BCUT2D eigenvalue weighted by molar-refractivity contribution is -0.138. The van der Waals surface area contributed by atoms with Crippen molar-refractivity contribution in [3.8, 4) is 11.5 Å². The third-order valence-corrected chi connectivity index (χ3v) is 5.79. The Morgan fingerprint density at radius 3 is 3.32 bits per heavy atom. The highest BCUT2D eigenvalue weighted by atomic mass is 16.5. The standard InChI is InChI=1S/C18H21NO3/c1-19-8-7-18-11-4-5-13(20)17(18)22-16-14(21-2)6-3-10(15(16)18)9-12(11)19/h3,6,11-12,17H,4-5,7-9H2,1-2H3/t11-,12+,17?,18-/m0/s1/i1D3,3D,6D,9D2. The topological polar surface area (TPSA) is 38.8 Å². The number of likely N-dealkylation sites (tertiary alicyclic amines) is 1. The number of carbonyl (C=O) groups excluding carboxylic acids is 1. The molecule has 2 aliphatic heterocycles. The summed E-state index contributed by atoms with van der Waals surface area (Å²) >= 11 is 0. The van der Waals surface area contributed by atoms with E-state index >= 15 is 0 Å². The Hall–Kier alpha value is -1.55. The first kappa shape index (κ1) is 7.82. The number of methoxy groups -OCH3 is 1. The van der Waals surface area contributed by atoms with Crippen LogP contribution in [0.4, 0.5) is 0 Å². The van der Waals surface area contributed by atoms with Crippen molar-refractivity contribution in [3.05, 3.63) is 23.2 Å². The lowest BCUT2D eigenvalue weighted by Crippen LogP contribution is -2.65. The van der Waals surface area contributed by atoms with Gasteiger partial charge in [-0.15, -0.1) is 0 Å². The lowest BCUT2D eigenvalue weighted by Gasteiger charge is -2.57. The second-order valence-corrected chi connectivity index (χ2v) is 6.54. The molecule has 0 amide bonds. The summed E-state index contributed by atoms with van der Waals surface area (Å²) in [5, 5.41) is 0. The summed E-state index contributed by atoms with van der Waals surface area (Å²) in [6.07, 6.45) is -2.18. The third-order valence-electron chi connectivity index (χ3n) is 5.79. The van der Waals surface area contributed by atoms with Gasteiger partial charge in [-0.05, 0) is 50.3 Å². The first-order valence-corrected chi connectivity index (χ1v) is 7.66. The van der Waals surface area contributed by atoms with E-state index in [0.717, 1.165) is 0 Å². The predicted octanol–water partition coefficient (Wildman–Crippen LogP) is 1.93. The number of carbonyl (C=O) groups is 1. The van der Waals surface area contributed by atoms with Crippen molar-refractivity contribution in [1.29, 1.82) is 0 Å². The summed E-state index contributed by atoms with van der Waals surface area (Å²) in [5.74, 6) is -0.328. The van der Waals surface area contributed by atoms with E-state index in [2.05, 4.69) is 0 Å². The van der Waals surface area contributed by atoms with Gasteiger partial charge in [0.25, 0.3) is 0 Å². The summed E-state index contributed by atoms with van der Waals surface area (Å²) in [6, 6.07) is -1.68. The molecular formula is C18H21NO3. The molecule has 1 unspecified atom stereocenters. The van der Waals surface area contributed by atoms with Crippen LogP contribution in [0.5, 0.6) is 11.5 Å². The second kappa shape index (κ2) is 4.05. The maximum absolute atomic E-state index is 12.9. The van der Waals surface area contributed by atoms with Gasteiger partial charge in [0.05, 0.1) is 9.85 Å². The van der Waals surface area contributed by atoms with Gasteiger partial charge >= 0.3 is 0 Å². The molecule has 5 rings (SSSR count). The number of benzene rings is 1. The number of hydrogen-bond donors (Lipinski definition) is 0. The number of likely N-dealkylation sites (N-methyl/N-ethyl adjacent to an activating group) is 1. The van der Waals surface area contributed by atoms with Crippen molar-refractivity contribution in [3.63, 3.8) is 0 Å². The largest absolute Gasteiger partial charge is 0.493 e. The Bertz CT molecular complexity index is 947. The van der Waals surface area contributed by atoms with E-state index in [1.54, 1.807) is 0 Å². The number of Topliss-reactive ketones (excluding diaryl/α,β-unsaturated/α-hetero) is 1.